The second kappa shape index (κ2) is 5.56. The van der Waals surface area contributed by atoms with Gasteiger partial charge in [0.25, 0.3) is 0 Å². The second-order valence-electron chi connectivity index (χ2n) is 5.42. The van der Waals surface area contributed by atoms with Crippen molar-refractivity contribution in [2.24, 2.45) is 0 Å². The van der Waals surface area contributed by atoms with Crippen LogP contribution < -0.4 is 0 Å². The summed E-state index contributed by atoms with van der Waals surface area (Å²) < 4.78 is 40.5. The fraction of sp³-hybridized carbons (Fsp3) is 0.333. The highest BCUT2D eigenvalue weighted by atomic mass is 35.5. The molecule has 0 unspecified atom stereocenters. The average Bonchev–Trinajstić information content (AvgIpc) is 3.12. The smallest absolute Gasteiger partial charge is 0.303 e. The van der Waals surface area contributed by atoms with Crippen LogP contribution in [-0.2, 0) is 6.18 Å². The molecule has 0 spiro atoms. The summed E-state index contributed by atoms with van der Waals surface area (Å²) in [5.41, 5.74) is 0.273. The van der Waals surface area contributed by atoms with Gasteiger partial charge in [-0.2, -0.15) is 18.3 Å². The summed E-state index contributed by atoms with van der Waals surface area (Å²) in [6.45, 7) is 3.75. The van der Waals surface area contributed by atoms with Crippen molar-refractivity contribution >= 4 is 22.5 Å². The lowest BCUT2D eigenvalue weighted by molar-refractivity contribution is -0.141. The first-order valence-electron chi connectivity index (χ1n) is 7.10. The maximum atomic E-state index is 13.0. The van der Waals surface area contributed by atoms with Gasteiger partial charge in [-0.05, 0) is 18.6 Å². The molecule has 2 aromatic heterocycles. The number of H-pyrrole nitrogens is 1. The van der Waals surface area contributed by atoms with Gasteiger partial charge in [-0.25, -0.2) is 4.98 Å². The normalized spacial score (nSPS) is 13.7. The van der Waals surface area contributed by atoms with Crippen LogP contribution in [0.15, 0.2) is 24.5 Å². The van der Waals surface area contributed by atoms with Gasteiger partial charge in [0.05, 0.1) is 16.7 Å². The lowest BCUT2D eigenvalue weighted by atomic mass is 10.1. The third-order valence-electron chi connectivity index (χ3n) is 3.84. The van der Waals surface area contributed by atoms with Gasteiger partial charge in [0.15, 0.2) is 5.69 Å². The van der Waals surface area contributed by atoms with E-state index in [0.29, 0.717) is 28.5 Å². The Kier molecular flexibility index (Phi) is 3.83. The predicted octanol–water partition coefficient (Wildman–Crippen LogP) is 4.93. The molecule has 0 aliphatic heterocycles. The Hall–Kier alpha value is -2.02. The SMILES string of the molecule is CC[C@@H](C)c1nc(C(F)(F)F)cn1-c1cc(Cl)c2[nH]ncc2c1. The summed E-state index contributed by atoms with van der Waals surface area (Å²) in [5, 5.41) is 7.78. The molecule has 0 radical (unpaired) electrons. The third kappa shape index (κ3) is 2.81. The molecule has 0 aliphatic rings. The Morgan fingerprint density at radius 1 is 1.35 bits per heavy atom. The summed E-state index contributed by atoms with van der Waals surface area (Å²) >= 11 is 6.19. The average molecular weight is 343 g/mol. The van der Waals surface area contributed by atoms with Gasteiger partial charge < -0.3 is 4.57 Å². The van der Waals surface area contributed by atoms with Crippen LogP contribution in [0, 0.1) is 0 Å². The molecule has 1 N–H and O–H groups in total. The van der Waals surface area contributed by atoms with Crippen LogP contribution in [0.2, 0.25) is 5.02 Å². The Bertz CT molecular complexity index is 850. The van der Waals surface area contributed by atoms with Crippen molar-refractivity contribution in [2.75, 3.05) is 0 Å². The number of imidazole rings is 1. The summed E-state index contributed by atoms with van der Waals surface area (Å²) in [4.78, 5) is 3.80. The van der Waals surface area contributed by atoms with Crippen molar-refractivity contribution in [3.8, 4) is 5.69 Å². The molecule has 1 aromatic carbocycles. The van der Waals surface area contributed by atoms with Crippen molar-refractivity contribution in [3.05, 3.63) is 41.1 Å². The van der Waals surface area contributed by atoms with Crippen molar-refractivity contribution in [1.82, 2.24) is 19.7 Å². The monoisotopic (exact) mass is 342 g/mol. The van der Waals surface area contributed by atoms with E-state index in [1.807, 2.05) is 13.8 Å². The number of nitrogens with zero attached hydrogens (tertiary/aromatic N) is 3. The van der Waals surface area contributed by atoms with Crippen LogP contribution in [0.5, 0.6) is 0 Å². The van der Waals surface area contributed by atoms with Crippen LogP contribution >= 0.6 is 11.6 Å². The lowest BCUT2D eigenvalue weighted by Crippen LogP contribution is -2.06. The maximum absolute atomic E-state index is 13.0. The van der Waals surface area contributed by atoms with Crippen LogP contribution in [-0.4, -0.2) is 19.7 Å². The minimum Gasteiger partial charge on any atom is -0.303 e. The largest absolute Gasteiger partial charge is 0.434 e. The number of rotatable bonds is 3. The summed E-state index contributed by atoms with van der Waals surface area (Å²) in [6.07, 6.45) is -1.22. The predicted molar refractivity (Wildman–Crippen MR) is 81.9 cm³/mol. The molecule has 8 heteroatoms. The number of hydrogen-bond acceptors (Lipinski definition) is 2. The molecule has 0 amide bonds. The molecule has 0 aliphatic carbocycles. The number of aromatic nitrogens is 4. The van der Waals surface area contributed by atoms with Crippen LogP contribution in [0.25, 0.3) is 16.6 Å². The molecule has 23 heavy (non-hydrogen) atoms. The number of hydrogen-bond donors (Lipinski definition) is 1. The van der Waals surface area contributed by atoms with Crippen molar-refractivity contribution in [3.63, 3.8) is 0 Å². The first kappa shape index (κ1) is 15.9. The van der Waals surface area contributed by atoms with Gasteiger partial charge in [0.1, 0.15) is 5.82 Å². The van der Waals surface area contributed by atoms with Crippen LogP contribution in [0.1, 0.15) is 37.7 Å². The molecule has 4 nitrogen and oxygen atoms in total. The minimum atomic E-state index is -4.49. The number of nitrogens with one attached hydrogen (secondary N) is 1. The highest BCUT2D eigenvalue weighted by molar-refractivity contribution is 6.35. The fourth-order valence-corrected chi connectivity index (χ4v) is 2.67. The van der Waals surface area contributed by atoms with Gasteiger partial charge in [-0.1, -0.05) is 25.4 Å². The number of alkyl halides is 3. The Balaban J connectivity index is 2.21. The van der Waals surface area contributed by atoms with Gasteiger partial charge >= 0.3 is 6.18 Å². The molecule has 0 saturated carbocycles. The summed E-state index contributed by atoms with van der Waals surface area (Å²) in [5.74, 6) is 0.239. The van der Waals surface area contributed by atoms with Crippen molar-refractivity contribution in [2.45, 2.75) is 32.4 Å². The molecule has 3 aromatic rings. The van der Waals surface area contributed by atoms with Crippen molar-refractivity contribution in [1.29, 1.82) is 0 Å². The van der Waals surface area contributed by atoms with E-state index < -0.39 is 11.9 Å². The summed E-state index contributed by atoms with van der Waals surface area (Å²) in [7, 11) is 0. The quantitative estimate of drug-likeness (QED) is 0.733. The minimum absolute atomic E-state index is 0.120. The molecule has 122 valence electrons. The number of fused-ring (bicyclic) bond motifs is 1. The first-order valence-corrected chi connectivity index (χ1v) is 7.48. The van der Waals surface area contributed by atoms with E-state index in [2.05, 4.69) is 15.2 Å². The first-order chi connectivity index (χ1) is 10.8. The number of halogens is 4. The van der Waals surface area contributed by atoms with E-state index in [4.69, 9.17) is 11.6 Å². The maximum Gasteiger partial charge on any atom is 0.434 e. The van der Waals surface area contributed by atoms with E-state index >= 15 is 0 Å². The molecule has 0 saturated heterocycles. The number of benzene rings is 1. The zero-order valence-electron chi connectivity index (χ0n) is 12.4. The van der Waals surface area contributed by atoms with E-state index in [9.17, 15) is 13.2 Å². The Morgan fingerprint density at radius 3 is 2.74 bits per heavy atom. The molecule has 0 fully saturated rings. The second-order valence-corrected chi connectivity index (χ2v) is 5.83. The van der Waals surface area contributed by atoms with Crippen LogP contribution in [0.4, 0.5) is 13.2 Å². The molecule has 1 atom stereocenters. The van der Waals surface area contributed by atoms with E-state index in [0.717, 1.165) is 11.6 Å². The number of aromatic amines is 1. The molecule has 3 rings (SSSR count). The molecular formula is C15H14ClF3N4. The van der Waals surface area contributed by atoms with Gasteiger partial charge in [-0.3, -0.25) is 5.10 Å². The van der Waals surface area contributed by atoms with Crippen molar-refractivity contribution < 1.29 is 13.2 Å². The highest BCUT2D eigenvalue weighted by Gasteiger charge is 2.35. The zero-order valence-corrected chi connectivity index (χ0v) is 13.2. The van der Waals surface area contributed by atoms with Crippen LogP contribution in [0.3, 0.4) is 0 Å². The van der Waals surface area contributed by atoms with Gasteiger partial charge in [0.2, 0.25) is 0 Å². The molecule has 0 bridgehead atoms. The standard InChI is InChI=1S/C15H14ClF3N4/c1-3-8(2)14-21-12(15(17,18)19)7-23(14)10-4-9-6-20-22-13(9)11(16)5-10/h4-8H,3H2,1-2H3,(H,20,22)/t8-/m1/s1. The fourth-order valence-electron chi connectivity index (χ4n) is 2.41. The highest BCUT2D eigenvalue weighted by Crippen LogP contribution is 2.33. The lowest BCUT2D eigenvalue weighted by Gasteiger charge is -2.12. The topological polar surface area (TPSA) is 46.5 Å². The van der Waals surface area contributed by atoms with Gasteiger partial charge in [0, 0.05) is 23.2 Å². The Morgan fingerprint density at radius 2 is 2.09 bits per heavy atom. The molecular weight excluding hydrogens is 329 g/mol. The van der Waals surface area contributed by atoms with E-state index in [1.54, 1.807) is 18.3 Å². The van der Waals surface area contributed by atoms with E-state index in [-0.39, 0.29) is 5.92 Å². The summed E-state index contributed by atoms with van der Waals surface area (Å²) in [6, 6.07) is 3.34. The van der Waals surface area contributed by atoms with E-state index in [1.165, 1.54) is 4.57 Å². The Labute approximate surface area is 135 Å². The third-order valence-corrected chi connectivity index (χ3v) is 4.14. The molecule has 2 heterocycles. The van der Waals surface area contributed by atoms with Gasteiger partial charge in [-0.15, -0.1) is 0 Å². The zero-order chi connectivity index (χ0) is 16.8.